The highest BCUT2D eigenvalue weighted by Crippen LogP contribution is 2.01. The number of carbonyl (C=O) groups is 1. The smallest absolute Gasteiger partial charge is 0.240 e. The molecule has 0 saturated carbocycles. The van der Waals surface area contributed by atoms with Crippen LogP contribution in [0.3, 0.4) is 0 Å². The summed E-state index contributed by atoms with van der Waals surface area (Å²) in [5.74, 6) is -0.0997. The average Bonchev–Trinajstić information content (AvgIpc) is 1.98. The van der Waals surface area contributed by atoms with Crippen molar-refractivity contribution in [3.63, 3.8) is 0 Å². The summed E-state index contributed by atoms with van der Waals surface area (Å²) in [5.41, 5.74) is 0. The number of carbonyl (C=O) groups excluding carboxylic acids is 1. The molecular weight excluding hydrogens is 178 g/mol. The molecule has 0 heterocycles. The molecule has 3 nitrogen and oxygen atoms in total. The van der Waals surface area contributed by atoms with Crippen LogP contribution in [0.4, 0.5) is 0 Å². The number of halogens is 1. The van der Waals surface area contributed by atoms with Crippen molar-refractivity contribution in [1.82, 2.24) is 4.90 Å². The first-order valence-corrected chi connectivity index (χ1v) is 4.46. The molecule has 0 aliphatic rings. The van der Waals surface area contributed by atoms with E-state index in [2.05, 4.69) is 0 Å². The fourth-order valence-corrected chi connectivity index (χ4v) is 0.961. The van der Waals surface area contributed by atoms with Crippen LogP contribution in [0.25, 0.3) is 0 Å². The number of rotatable bonds is 4. The summed E-state index contributed by atoms with van der Waals surface area (Å²) in [5, 5.41) is 8.47. The van der Waals surface area contributed by atoms with Crippen molar-refractivity contribution in [2.45, 2.75) is 31.7 Å². The van der Waals surface area contributed by atoms with Gasteiger partial charge in [0, 0.05) is 13.6 Å². The van der Waals surface area contributed by atoms with Crippen LogP contribution in [0, 0.1) is 0 Å². The van der Waals surface area contributed by atoms with Crippen molar-refractivity contribution in [3.8, 4) is 0 Å². The lowest BCUT2D eigenvalue weighted by Crippen LogP contribution is -2.34. The third-order valence-corrected chi connectivity index (χ3v) is 1.79. The second-order valence-corrected chi connectivity index (χ2v) is 3.67. The molecular formula is C8H16ClNO2. The molecule has 0 aromatic carbocycles. The number of aliphatic hydroxyl groups excluding tert-OH is 1. The lowest BCUT2D eigenvalue weighted by molar-refractivity contribution is -0.129. The topological polar surface area (TPSA) is 40.5 Å². The molecule has 0 aliphatic carbocycles. The van der Waals surface area contributed by atoms with Gasteiger partial charge in [-0.05, 0) is 20.3 Å². The van der Waals surface area contributed by atoms with Gasteiger partial charge in [-0.1, -0.05) is 0 Å². The molecule has 0 fully saturated rings. The van der Waals surface area contributed by atoms with E-state index in [1.165, 1.54) is 4.90 Å². The van der Waals surface area contributed by atoms with Crippen LogP contribution in [0.15, 0.2) is 0 Å². The SMILES string of the molecule is CC(O)CCN(C)C(=O)C(C)Cl. The van der Waals surface area contributed by atoms with Gasteiger partial charge in [-0.3, -0.25) is 4.79 Å². The Labute approximate surface area is 78.3 Å². The largest absolute Gasteiger partial charge is 0.393 e. The lowest BCUT2D eigenvalue weighted by atomic mass is 10.2. The van der Waals surface area contributed by atoms with Gasteiger partial charge in [0.2, 0.25) is 5.91 Å². The molecule has 0 saturated heterocycles. The molecule has 2 unspecified atom stereocenters. The molecule has 0 bridgehead atoms. The van der Waals surface area contributed by atoms with E-state index in [1.807, 2.05) is 0 Å². The van der Waals surface area contributed by atoms with Crippen LogP contribution in [-0.4, -0.2) is 41.0 Å². The molecule has 2 atom stereocenters. The van der Waals surface area contributed by atoms with Gasteiger partial charge in [-0.2, -0.15) is 0 Å². The first-order chi connectivity index (χ1) is 5.45. The molecule has 4 heteroatoms. The van der Waals surface area contributed by atoms with Gasteiger partial charge in [0.05, 0.1) is 6.10 Å². The van der Waals surface area contributed by atoms with Gasteiger partial charge in [-0.15, -0.1) is 11.6 Å². The second-order valence-electron chi connectivity index (χ2n) is 3.01. The summed E-state index contributed by atoms with van der Waals surface area (Å²) in [6, 6.07) is 0. The molecule has 0 rings (SSSR count). The second kappa shape index (κ2) is 5.38. The summed E-state index contributed by atoms with van der Waals surface area (Å²) >= 11 is 5.58. The first kappa shape index (κ1) is 11.7. The van der Waals surface area contributed by atoms with Crippen LogP contribution in [0.1, 0.15) is 20.3 Å². The fraction of sp³-hybridized carbons (Fsp3) is 0.875. The number of nitrogens with zero attached hydrogens (tertiary/aromatic N) is 1. The van der Waals surface area contributed by atoms with Crippen molar-refractivity contribution < 1.29 is 9.90 Å². The third kappa shape index (κ3) is 4.57. The summed E-state index contributed by atoms with van der Waals surface area (Å²) in [6.07, 6.45) is 0.220. The predicted octanol–water partition coefficient (Wildman–Crippen LogP) is 0.843. The zero-order valence-corrected chi connectivity index (χ0v) is 8.51. The first-order valence-electron chi connectivity index (χ1n) is 4.02. The molecule has 0 aromatic heterocycles. The van der Waals surface area contributed by atoms with E-state index in [1.54, 1.807) is 20.9 Å². The maximum absolute atomic E-state index is 11.2. The highest BCUT2D eigenvalue weighted by molar-refractivity contribution is 6.30. The van der Waals surface area contributed by atoms with Crippen molar-refractivity contribution >= 4 is 17.5 Å². The highest BCUT2D eigenvalue weighted by atomic mass is 35.5. The third-order valence-electron chi connectivity index (χ3n) is 1.60. The van der Waals surface area contributed by atoms with E-state index in [4.69, 9.17) is 16.7 Å². The molecule has 0 radical (unpaired) electrons. The van der Waals surface area contributed by atoms with E-state index in [9.17, 15) is 4.79 Å². The fourth-order valence-electron chi connectivity index (χ4n) is 0.794. The minimum Gasteiger partial charge on any atom is -0.393 e. The summed E-state index contributed by atoms with van der Waals surface area (Å²) in [6.45, 7) is 3.89. The molecule has 0 aliphatic heterocycles. The Morgan fingerprint density at radius 3 is 2.42 bits per heavy atom. The standard InChI is InChI=1S/C8H16ClNO2/c1-6(11)4-5-10(3)8(12)7(2)9/h6-7,11H,4-5H2,1-3H3. The van der Waals surface area contributed by atoms with Crippen LogP contribution in [0.2, 0.25) is 0 Å². The van der Waals surface area contributed by atoms with Crippen LogP contribution >= 0.6 is 11.6 Å². The number of amides is 1. The highest BCUT2D eigenvalue weighted by Gasteiger charge is 2.14. The molecule has 1 N–H and O–H groups in total. The Morgan fingerprint density at radius 2 is 2.08 bits per heavy atom. The van der Waals surface area contributed by atoms with Gasteiger partial charge in [0.1, 0.15) is 5.38 Å². The minimum absolute atomic E-state index is 0.0997. The van der Waals surface area contributed by atoms with E-state index >= 15 is 0 Å². The summed E-state index contributed by atoms with van der Waals surface area (Å²) in [7, 11) is 1.68. The van der Waals surface area contributed by atoms with Crippen molar-refractivity contribution in [1.29, 1.82) is 0 Å². The van der Waals surface area contributed by atoms with Crippen LogP contribution in [0.5, 0.6) is 0 Å². The van der Waals surface area contributed by atoms with Gasteiger partial charge in [0.25, 0.3) is 0 Å². The Balaban J connectivity index is 3.72. The van der Waals surface area contributed by atoms with E-state index in [0.29, 0.717) is 13.0 Å². The van der Waals surface area contributed by atoms with E-state index < -0.39 is 5.38 Å². The average molecular weight is 194 g/mol. The van der Waals surface area contributed by atoms with Crippen molar-refractivity contribution in [2.24, 2.45) is 0 Å². The van der Waals surface area contributed by atoms with Gasteiger partial charge in [-0.25, -0.2) is 0 Å². The Morgan fingerprint density at radius 1 is 1.58 bits per heavy atom. The Hall–Kier alpha value is -0.280. The number of alkyl halides is 1. The number of hydrogen-bond donors (Lipinski definition) is 1. The Kier molecular flexibility index (Phi) is 5.25. The summed E-state index contributed by atoms with van der Waals surface area (Å²) in [4.78, 5) is 12.7. The normalized spacial score (nSPS) is 15.4. The molecule has 12 heavy (non-hydrogen) atoms. The molecule has 72 valence electrons. The maximum atomic E-state index is 11.2. The molecule has 1 amide bonds. The monoisotopic (exact) mass is 193 g/mol. The maximum Gasteiger partial charge on any atom is 0.240 e. The number of hydrogen-bond acceptors (Lipinski definition) is 2. The van der Waals surface area contributed by atoms with E-state index in [-0.39, 0.29) is 12.0 Å². The Bertz CT molecular complexity index is 148. The lowest BCUT2D eigenvalue weighted by Gasteiger charge is -2.18. The van der Waals surface area contributed by atoms with Crippen LogP contribution in [-0.2, 0) is 4.79 Å². The predicted molar refractivity (Wildman–Crippen MR) is 49.2 cm³/mol. The van der Waals surface area contributed by atoms with Gasteiger partial charge in [0.15, 0.2) is 0 Å². The molecule has 0 aromatic rings. The zero-order chi connectivity index (χ0) is 9.72. The van der Waals surface area contributed by atoms with Crippen molar-refractivity contribution in [3.05, 3.63) is 0 Å². The number of aliphatic hydroxyl groups is 1. The molecule has 0 spiro atoms. The summed E-state index contributed by atoms with van der Waals surface area (Å²) < 4.78 is 0. The zero-order valence-electron chi connectivity index (χ0n) is 7.75. The quantitative estimate of drug-likeness (QED) is 0.673. The van der Waals surface area contributed by atoms with Crippen LogP contribution < -0.4 is 0 Å². The van der Waals surface area contributed by atoms with Gasteiger partial charge >= 0.3 is 0 Å². The van der Waals surface area contributed by atoms with E-state index in [0.717, 1.165) is 0 Å². The minimum atomic E-state index is -0.482. The van der Waals surface area contributed by atoms with Gasteiger partial charge < -0.3 is 10.0 Å². The van der Waals surface area contributed by atoms with Crippen molar-refractivity contribution in [2.75, 3.05) is 13.6 Å².